The standard InChI is InChI=1S/C35H35F8N2O.ClH.2H2O/c36-29-7-6-26(21-30(29)37)33(13-17-45-14-10-32(11-15-45,12-16-45)25-4-2-1-3-5-25)9-8-31(46)44(23-33)22-24-18-27(34(38,39)40)20-28(19-24)35(41,42)43;;;/h1-7,18-21H,8-17,22-23H2;1H;2*1H2/q+1;;;/p-1. The van der Waals surface area contributed by atoms with Gasteiger partial charge in [0.2, 0.25) is 5.91 Å². The Morgan fingerprint density at radius 1 is 0.714 bits per heavy atom. The van der Waals surface area contributed by atoms with E-state index in [0.29, 0.717) is 37.1 Å². The molecule has 0 aromatic heterocycles. The van der Waals surface area contributed by atoms with Gasteiger partial charge in [-0.2, -0.15) is 26.3 Å². The number of hydrogen-bond acceptors (Lipinski definition) is 1. The van der Waals surface area contributed by atoms with Gasteiger partial charge in [-0.15, -0.1) is 0 Å². The first kappa shape index (κ1) is 40.2. The molecule has 1 atom stereocenters. The Labute approximate surface area is 285 Å². The smallest absolute Gasteiger partial charge is 0.416 e. The maximum atomic E-state index is 14.6. The Morgan fingerprint density at radius 3 is 1.82 bits per heavy atom. The fraction of sp³-hybridized carbons (Fsp3) is 0.457. The molecular weight excluding hydrogens is 684 g/mol. The third-order valence-electron chi connectivity index (χ3n) is 10.9. The lowest BCUT2D eigenvalue weighted by Gasteiger charge is -2.56. The van der Waals surface area contributed by atoms with Crippen LogP contribution >= 0.6 is 0 Å². The first-order chi connectivity index (χ1) is 21.6. The van der Waals surface area contributed by atoms with Gasteiger partial charge >= 0.3 is 12.4 Å². The number of carbonyl (C=O) groups is 1. The molecule has 4 saturated heterocycles. The summed E-state index contributed by atoms with van der Waals surface area (Å²) in [6.07, 6.45) is -6.24. The van der Waals surface area contributed by atoms with Gasteiger partial charge in [0.25, 0.3) is 0 Å². The molecule has 0 spiro atoms. The van der Waals surface area contributed by atoms with Crippen LogP contribution in [0.5, 0.6) is 0 Å². The Kier molecular flexibility index (Phi) is 11.9. The van der Waals surface area contributed by atoms with Crippen LogP contribution in [0.3, 0.4) is 0 Å². The number of carbonyl (C=O) groups excluding carboxylic acids is 1. The summed E-state index contributed by atoms with van der Waals surface area (Å²) in [6.45, 7) is 3.01. The molecule has 4 N–H and O–H groups in total. The second-order valence-corrected chi connectivity index (χ2v) is 13.5. The van der Waals surface area contributed by atoms with E-state index in [0.717, 1.165) is 55.5 Å². The van der Waals surface area contributed by atoms with Crippen molar-refractivity contribution in [2.45, 2.75) is 68.3 Å². The van der Waals surface area contributed by atoms with Crippen LogP contribution in [0.25, 0.3) is 0 Å². The summed E-state index contributed by atoms with van der Waals surface area (Å²) < 4.78 is 111. The number of alkyl halides is 6. The van der Waals surface area contributed by atoms with Gasteiger partial charge < -0.3 is 32.7 Å². The normalized spacial score (nSPS) is 25.2. The number of halogens is 9. The second-order valence-electron chi connectivity index (χ2n) is 13.5. The van der Waals surface area contributed by atoms with E-state index >= 15 is 0 Å². The molecule has 5 nitrogen and oxygen atoms in total. The molecule has 4 aliphatic heterocycles. The van der Waals surface area contributed by atoms with Gasteiger partial charge in [-0.3, -0.25) is 4.79 Å². The van der Waals surface area contributed by atoms with Crippen molar-refractivity contribution in [2.24, 2.45) is 0 Å². The van der Waals surface area contributed by atoms with E-state index < -0.39 is 53.0 Å². The predicted molar refractivity (Wildman–Crippen MR) is 163 cm³/mol. The van der Waals surface area contributed by atoms with E-state index in [4.69, 9.17) is 0 Å². The zero-order valence-electron chi connectivity index (χ0n) is 26.5. The topological polar surface area (TPSA) is 83.3 Å². The molecule has 0 aliphatic carbocycles. The molecule has 0 radical (unpaired) electrons. The van der Waals surface area contributed by atoms with E-state index in [1.807, 2.05) is 6.07 Å². The molecule has 3 aromatic rings. The molecule has 7 rings (SSSR count). The Hall–Kier alpha value is -3.26. The van der Waals surface area contributed by atoms with Crippen LogP contribution in [-0.4, -0.2) is 59.0 Å². The van der Waals surface area contributed by atoms with Crippen LogP contribution < -0.4 is 12.4 Å². The van der Waals surface area contributed by atoms with Crippen molar-refractivity contribution in [2.75, 3.05) is 32.7 Å². The molecule has 49 heavy (non-hydrogen) atoms. The van der Waals surface area contributed by atoms with Crippen molar-refractivity contribution in [3.63, 3.8) is 0 Å². The average molecular weight is 723 g/mol. The van der Waals surface area contributed by atoms with E-state index in [1.165, 1.54) is 16.5 Å². The van der Waals surface area contributed by atoms with Crippen molar-refractivity contribution < 1.29 is 67.8 Å². The summed E-state index contributed by atoms with van der Waals surface area (Å²) in [6, 6.07) is 15.4. The number of likely N-dealkylation sites (tertiary alicyclic amines) is 1. The van der Waals surface area contributed by atoms with E-state index in [2.05, 4.69) is 24.3 Å². The number of rotatable bonds is 7. The third-order valence-corrected chi connectivity index (χ3v) is 10.9. The van der Waals surface area contributed by atoms with Crippen LogP contribution in [0.4, 0.5) is 35.1 Å². The Bertz CT molecular complexity index is 1560. The molecular formula is C35H39ClF8N2O3. The van der Waals surface area contributed by atoms with Crippen LogP contribution in [0.1, 0.15) is 66.3 Å². The fourth-order valence-corrected chi connectivity index (χ4v) is 8.00. The minimum absolute atomic E-state index is 0. The Balaban J connectivity index is 0.00000217. The summed E-state index contributed by atoms with van der Waals surface area (Å²) in [7, 11) is 0. The van der Waals surface area contributed by atoms with Gasteiger partial charge in [0.05, 0.1) is 37.3 Å². The van der Waals surface area contributed by atoms with Crippen molar-refractivity contribution in [1.29, 1.82) is 0 Å². The number of benzene rings is 3. The number of fused-ring (bicyclic) bond motifs is 3. The van der Waals surface area contributed by atoms with E-state index in [9.17, 15) is 39.9 Å². The summed E-state index contributed by atoms with van der Waals surface area (Å²) in [5, 5.41) is 0. The zero-order valence-corrected chi connectivity index (χ0v) is 27.3. The van der Waals surface area contributed by atoms with Gasteiger partial charge in [0, 0.05) is 56.0 Å². The molecule has 270 valence electrons. The first-order valence-corrected chi connectivity index (χ1v) is 15.5. The van der Waals surface area contributed by atoms with Crippen molar-refractivity contribution in [3.05, 3.63) is 106 Å². The van der Waals surface area contributed by atoms with Gasteiger partial charge in [-0.05, 0) is 53.4 Å². The molecule has 4 heterocycles. The highest BCUT2D eigenvalue weighted by Crippen LogP contribution is 2.48. The van der Waals surface area contributed by atoms with Gasteiger partial charge in [0.15, 0.2) is 11.6 Å². The maximum absolute atomic E-state index is 14.6. The highest BCUT2D eigenvalue weighted by atomic mass is 35.5. The highest BCUT2D eigenvalue weighted by molar-refractivity contribution is 5.77. The molecule has 14 heteroatoms. The number of quaternary nitrogens is 1. The summed E-state index contributed by atoms with van der Waals surface area (Å²) in [5.74, 6) is -2.50. The monoisotopic (exact) mass is 722 g/mol. The molecule has 4 fully saturated rings. The van der Waals surface area contributed by atoms with Crippen molar-refractivity contribution >= 4 is 5.91 Å². The van der Waals surface area contributed by atoms with Gasteiger partial charge in [-0.1, -0.05) is 36.4 Å². The quantitative estimate of drug-likeness (QED) is 0.270. The average Bonchev–Trinajstić information content (AvgIpc) is 3.03. The lowest BCUT2D eigenvalue weighted by Crippen LogP contribution is -3.00. The molecule has 3 aromatic carbocycles. The second kappa shape index (κ2) is 14.5. The first-order valence-electron chi connectivity index (χ1n) is 15.5. The summed E-state index contributed by atoms with van der Waals surface area (Å²) in [5.41, 5.74) is -2.13. The van der Waals surface area contributed by atoms with Gasteiger partial charge in [0.1, 0.15) is 0 Å². The maximum Gasteiger partial charge on any atom is 0.416 e. The molecule has 1 unspecified atom stereocenters. The number of piperidine rings is 4. The van der Waals surface area contributed by atoms with Crippen LogP contribution in [0.2, 0.25) is 0 Å². The lowest BCUT2D eigenvalue weighted by molar-refractivity contribution is -0.944. The molecule has 2 bridgehead atoms. The van der Waals surface area contributed by atoms with Gasteiger partial charge in [-0.25, -0.2) is 8.78 Å². The predicted octanol–water partition coefficient (Wildman–Crippen LogP) is 3.76. The lowest BCUT2D eigenvalue weighted by atomic mass is 9.65. The molecule has 4 aliphatic rings. The summed E-state index contributed by atoms with van der Waals surface area (Å²) in [4.78, 5) is 14.4. The largest absolute Gasteiger partial charge is 1.00 e. The van der Waals surface area contributed by atoms with E-state index in [1.54, 1.807) is 0 Å². The van der Waals surface area contributed by atoms with E-state index in [-0.39, 0.29) is 53.4 Å². The molecule has 0 saturated carbocycles. The van der Waals surface area contributed by atoms with Crippen LogP contribution in [-0.2, 0) is 34.5 Å². The minimum Gasteiger partial charge on any atom is -1.00 e. The van der Waals surface area contributed by atoms with Crippen LogP contribution in [0, 0.1) is 11.6 Å². The van der Waals surface area contributed by atoms with Crippen molar-refractivity contribution in [3.8, 4) is 0 Å². The molecule has 1 amide bonds. The third kappa shape index (κ3) is 8.05. The van der Waals surface area contributed by atoms with Crippen molar-refractivity contribution in [1.82, 2.24) is 4.90 Å². The minimum atomic E-state index is -5.02. The van der Waals surface area contributed by atoms with Crippen LogP contribution in [0.15, 0.2) is 66.7 Å². The number of amides is 1. The fourth-order valence-electron chi connectivity index (χ4n) is 8.00. The number of nitrogens with zero attached hydrogens (tertiary/aromatic N) is 2. The zero-order chi connectivity index (χ0) is 33.0. The summed E-state index contributed by atoms with van der Waals surface area (Å²) >= 11 is 0. The Morgan fingerprint density at radius 2 is 1.29 bits per heavy atom. The SMILES string of the molecule is O.O.O=C1CCC(CC[N+]23CCC(c4ccccc4)(CC2)CC3)(c2ccc(F)c(F)c2)CN1Cc1cc(C(F)(F)F)cc(C(F)(F)F)c1.[Cl-]. The number of hydrogen-bond donors (Lipinski definition) is 0. The highest BCUT2D eigenvalue weighted by Gasteiger charge is 2.51.